The molecule has 3 heterocycles. The Labute approximate surface area is 151 Å². The zero-order valence-corrected chi connectivity index (χ0v) is 13.9. The van der Waals surface area contributed by atoms with Gasteiger partial charge in [-0.15, -0.1) is 0 Å². The van der Waals surface area contributed by atoms with Gasteiger partial charge in [-0.05, 0) is 42.1 Å². The van der Waals surface area contributed by atoms with Crippen LogP contribution < -0.4 is 0 Å². The van der Waals surface area contributed by atoms with E-state index in [1.807, 2.05) is 0 Å². The molecule has 2 aromatic rings. The van der Waals surface area contributed by atoms with E-state index in [0.29, 0.717) is 22.3 Å². The average Bonchev–Trinajstić information content (AvgIpc) is 3.28. The average molecular weight is 366 g/mol. The first-order valence-electron chi connectivity index (χ1n) is 7.39. The number of fused-ring (bicyclic) bond motifs is 1. The van der Waals surface area contributed by atoms with Crippen LogP contribution in [0.25, 0.3) is 17.4 Å². The molecule has 0 aliphatic carbocycles. The van der Waals surface area contributed by atoms with Gasteiger partial charge in [-0.2, -0.15) is 15.1 Å². The number of aliphatic imine (C=N–C) groups is 1. The number of benzene rings is 1. The van der Waals surface area contributed by atoms with Crippen molar-refractivity contribution in [3.05, 3.63) is 53.3 Å². The molecule has 0 unspecified atom stereocenters. The van der Waals surface area contributed by atoms with Crippen molar-refractivity contribution in [3.8, 4) is 11.3 Å². The first-order chi connectivity index (χ1) is 12.5. The van der Waals surface area contributed by atoms with Gasteiger partial charge in [0.25, 0.3) is 5.91 Å². The summed E-state index contributed by atoms with van der Waals surface area (Å²) < 4.78 is 5.69. The van der Waals surface area contributed by atoms with Crippen LogP contribution in [-0.4, -0.2) is 38.5 Å². The summed E-state index contributed by atoms with van der Waals surface area (Å²) in [6, 6.07) is 9.64. The molecule has 128 valence electrons. The molecule has 0 saturated carbocycles. The van der Waals surface area contributed by atoms with E-state index in [1.54, 1.807) is 24.3 Å². The maximum atomic E-state index is 12.1. The van der Waals surface area contributed by atoms with Gasteiger partial charge in [0, 0.05) is 5.56 Å². The second kappa shape index (κ2) is 6.12. The second-order valence-electron chi connectivity index (χ2n) is 5.34. The van der Waals surface area contributed by atoms with Crippen LogP contribution in [0.15, 0.2) is 56.5 Å². The van der Waals surface area contributed by atoms with E-state index in [-0.39, 0.29) is 17.0 Å². The smallest absolute Gasteiger partial charge is 0.335 e. The zero-order chi connectivity index (χ0) is 18.3. The van der Waals surface area contributed by atoms with E-state index < -0.39 is 11.9 Å². The van der Waals surface area contributed by atoms with Crippen LogP contribution >= 0.6 is 11.8 Å². The van der Waals surface area contributed by atoms with Crippen LogP contribution in [0.5, 0.6) is 0 Å². The molecule has 0 spiro atoms. The summed E-state index contributed by atoms with van der Waals surface area (Å²) in [7, 11) is 0. The van der Waals surface area contributed by atoms with Crippen molar-refractivity contribution in [2.75, 3.05) is 0 Å². The van der Waals surface area contributed by atoms with E-state index >= 15 is 0 Å². The standard InChI is InChI=1S/C17H10N4O4S/c18-14-12(15(22)20-17-21(14)19-8-26-17)7-11-4-5-13(25-11)9-2-1-3-10(6-9)16(23)24/h1-8,18H,(H,23,24)/b12-7-,18-14?. The van der Waals surface area contributed by atoms with Crippen LogP contribution in [0.3, 0.4) is 0 Å². The molecule has 0 saturated heterocycles. The second-order valence-corrected chi connectivity index (χ2v) is 6.16. The van der Waals surface area contributed by atoms with Crippen molar-refractivity contribution in [2.45, 2.75) is 0 Å². The molecule has 0 radical (unpaired) electrons. The number of carbonyl (C=O) groups is 2. The largest absolute Gasteiger partial charge is 0.478 e. The minimum Gasteiger partial charge on any atom is -0.478 e. The highest BCUT2D eigenvalue weighted by Crippen LogP contribution is 2.27. The molecular formula is C17H10N4O4S. The number of furan rings is 1. The van der Waals surface area contributed by atoms with Crippen LogP contribution in [0.2, 0.25) is 0 Å². The van der Waals surface area contributed by atoms with Gasteiger partial charge in [-0.25, -0.2) is 4.79 Å². The van der Waals surface area contributed by atoms with Gasteiger partial charge in [0.05, 0.1) is 16.7 Å². The number of carbonyl (C=O) groups excluding carboxylic acids is 1. The van der Waals surface area contributed by atoms with E-state index in [2.05, 4.69) is 10.1 Å². The van der Waals surface area contributed by atoms with Crippen LogP contribution in [0.4, 0.5) is 0 Å². The third kappa shape index (κ3) is 2.74. The van der Waals surface area contributed by atoms with E-state index in [1.165, 1.54) is 40.5 Å². The number of carboxylic acid groups (broad SMARTS) is 1. The Kier molecular flexibility index (Phi) is 3.77. The number of aromatic carboxylic acids is 1. The molecule has 2 aliphatic heterocycles. The molecule has 26 heavy (non-hydrogen) atoms. The summed E-state index contributed by atoms with van der Waals surface area (Å²) in [5.74, 6) is -0.839. The van der Waals surface area contributed by atoms with Crippen molar-refractivity contribution in [2.24, 2.45) is 10.1 Å². The van der Waals surface area contributed by atoms with Gasteiger partial charge in [0.15, 0.2) is 11.0 Å². The molecule has 0 atom stereocenters. The third-order valence-corrected chi connectivity index (χ3v) is 4.38. The Balaban J connectivity index is 1.67. The lowest BCUT2D eigenvalue weighted by Gasteiger charge is -2.19. The van der Waals surface area contributed by atoms with Crippen molar-refractivity contribution >= 4 is 46.3 Å². The third-order valence-electron chi connectivity index (χ3n) is 3.70. The fourth-order valence-corrected chi connectivity index (χ4v) is 3.08. The molecule has 1 amide bonds. The number of hydrazone groups is 1. The van der Waals surface area contributed by atoms with Gasteiger partial charge < -0.3 is 9.52 Å². The molecule has 9 heteroatoms. The molecular weight excluding hydrogens is 356 g/mol. The summed E-state index contributed by atoms with van der Waals surface area (Å²) in [6.45, 7) is 0. The Morgan fingerprint density at radius 3 is 2.96 bits per heavy atom. The quantitative estimate of drug-likeness (QED) is 0.806. The molecule has 2 N–H and O–H groups in total. The highest BCUT2D eigenvalue weighted by molar-refractivity contribution is 8.25. The highest BCUT2D eigenvalue weighted by Gasteiger charge is 2.32. The topological polar surface area (TPSA) is 119 Å². The highest BCUT2D eigenvalue weighted by atomic mass is 32.2. The van der Waals surface area contributed by atoms with Gasteiger partial charge in [0.2, 0.25) is 0 Å². The monoisotopic (exact) mass is 366 g/mol. The Morgan fingerprint density at radius 1 is 1.31 bits per heavy atom. The molecule has 1 aromatic carbocycles. The lowest BCUT2D eigenvalue weighted by Crippen LogP contribution is -2.35. The maximum absolute atomic E-state index is 12.1. The molecule has 0 bridgehead atoms. The number of nitrogens with zero attached hydrogens (tertiary/aromatic N) is 3. The number of nitrogens with one attached hydrogen (secondary N) is 1. The van der Waals surface area contributed by atoms with Crippen molar-refractivity contribution < 1.29 is 19.1 Å². The molecule has 2 aliphatic rings. The lowest BCUT2D eigenvalue weighted by atomic mass is 10.1. The summed E-state index contributed by atoms with van der Waals surface area (Å²) in [6.07, 6.45) is 1.42. The zero-order valence-electron chi connectivity index (χ0n) is 13.0. The van der Waals surface area contributed by atoms with Crippen molar-refractivity contribution in [3.63, 3.8) is 0 Å². The molecule has 1 aromatic heterocycles. The normalized spacial score (nSPS) is 17.6. The lowest BCUT2D eigenvalue weighted by molar-refractivity contribution is -0.114. The Hall–Kier alpha value is -3.46. The first kappa shape index (κ1) is 16.0. The van der Waals surface area contributed by atoms with Crippen LogP contribution in [0, 0.1) is 5.41 Å². The van der Waals surface area contributed by atoms with Crippen molar-refractivity contribution in [1.29, 1.82) is 5.41 Å². The van der Waals surface area contributed by atoms with E-state index in [4.69, 9.17) is 14.9 Å². The summed E-state index contributed by atoms with van der Waals surface area (Å²) in [5, 5.41) is 22.8. The molecule has 8 nitrogen and oxygen atoms in total. The van der Waals surface area contributed by atoms with Gasteiger partial charge in [0.1, 0.15) is 11.5 Å². The summed E-state index contributed by atoms with van der Waals surface area (Å²) in [4.78, 5) is 27.1. The fraction of sp³-hybridized carbons (Fsp3) is 0. The predicted octanol–water partition coefficient (Wildman–Crippen LogP) is 2.89. The van der Waals surface area contributed by atoms with Gasteiger partial charge in [-0.3, -0.25) is 10.2 Å². The number of thioether (sulfide) groups is 1. The van der Waals surface area contributed by atoms with Crippen LogP contribution in [-0.2, 0) is 4.79 Å². The number of amidine groups is 2. The van der Waals surface area contributed by atoms with E-state index in [0.717, 1.165) is 0 Å². The number of rotatable bonds is 3. The minimum atomic E-state index is -1.03. The summed E-state index contributed by atoms with van der Waals surface area (Å²) in [5.41, 5.74) is 2.31. The number of hydrogen-bond donors (Lipinski definition) is 2. The molecule has 0 fully saturated rings. The van der Waals surface area contributed by atoms with E-state index in [9.17, 15) is 9.59 Å². The van der Waals surface area contributed by atoms with Gasteiger partial charge in [-0.1, -0.05) is 12.1 Å². The van der Waals surface area contributed by atoms with Gasteiger partial charge >= 0.3 is 5.97 Å². The SMILES string of the molecule is N=C1/C(=C/c2ccc(-c3cccc(C(=O)O)c3)o2)C(=O)N=C2SC=NN12. The van der Waals surface area contributed by atoms with Crippen molar-refractivity contribution in [1.82, 2.24) is 5.01 Å². The maximum Gasteiger partial charge on any atom is 0.335 e. The first-order valence-corrected chi connectivity index (χ1v) is 8.27. The van der Waals surface area contributed by atoms with Crippen LogP contribution in [0.1, 0.15) is 16.1 Å². The Morgan fingerprint density at radius 2 is 2.15 bits per heavy atom. The number of amides is 1. The minimum absolute atomic E-state index is 0.0635. The number of carboxylic acids is 1. The fourth-order valence-electron chi connectivity index (χ4n) is 2.47. The Bertz CT molecular complexity index is 1050. The summed E-state index contributed by atoms with van der Waals surface area (Å²) >= 11 is 1.17. The number of hydrogen-bond acceptors (Lipinski definition) is 6. The molecule has 4 rings (SSSR count). The predicted molar refractivity (Wildman–Crippen MR) is 97.2 cm³/mol.